The molecule has 0 aliphatic heterocycles. The Morgan fingerprint density at radius 2 is 2.25 bits per heavy atom. The van der Waals surface area contributed by atoms with Crippen LogP contribution in [-0.4, -0.2) is 0 Å². The molecule has 2 aromatic rings. The normalized spacial score (nSPS) is 10.4. The van der Waals surface area contributed by atoms with Crippen molar-refractivity contribution in [3.05, 3.63) is 45.4 Å². The summed E-state index contributed by atoms with van der Waals surface area (Å²) in [5, 5.41) is 7.22. The van der Waals surface area contributed by atoms with Gasteiger partial charge in [-0.15, -0.1) is 0 Å². The largest absolute Gasteiger partial charge is 0.397 e. The molecule has 5 heteroatoms. The number of hydrogen-bond donors (Lipinski definition) is 2. The van der Waals surface area contributed by atoms with E-state index >= 15 is 0 Å². The third-order valence-corrected chi connectivity index (χ3v) is 3.18. The highest BCUT2D eigenvalue weighted by Gasteiger charge is 2.05. The molecule has 84 valence electrons. The van der Waals surface area contributed by atoms with Crippen molar-refractivity contribution in [3.63, 3.8) is 0 Å². The van der Waals surface area contributed by atoms with E-state index in [9.17, 15) is 4.39 Å². The smallest absolute Gasteiger partial charge is 0.143 e. The standard InChI is InChI=1S/C11H10ClFN2S/c12-8-3-11(10(14)4-9(8)13)15-5-7-1-2-16-6-7/h1-4,6,15H,5,14H2. The number of nitrogens with one attached hydrogen (secondary N) is 1. The fraction of sp³-hybridized carbons (Fsp3) is 0.0909. The predicted octanol–water partition coefficient (Wildman–Crippen LogP) is 3.73. The fourth-order valence-electron chi connectivity index (χ4n) is 1.31. The van der Waals surface area contributed by atoms with Gasteiger partial charge in [-0.05, 0) is 28.5 Å². The number of rotatable bonds is 3. The van der Waals surface area contributed by atoms with Crippen LogP contribution in [-0.2, 0) is 6.54 Å². The van der Waals surface area contributed by atoms with Crippen LogP contribution in [0.4, 0.5) is 15.8 Å². The van der Waals surface area contributed by atoms with Gasteiger partial charge in [0.15, 0.2) is 0 Å². The number of benzene rings is 1. The minimum absolute atomic E-state index is 0.0713. The van der Waals surface area contributed by atoms with Crippen LogP contribution >= 0.6 is 22.9 Å². The molecule has 0 radical (unpaired) electrons. The molecular formula is C11H10ClFN2S. The van der Waals surface area contributed by atoms with Crippen LogP contribution in [0.15, 0.2) is 29.0 Å². The van der Waals surface area contributed by atoms with Crippen LogP contribution in [0.5, 0.6) is 0 Å². The van der Waals surface area contributed by atoms with Gasteiger partial charge in [0.25, 0.3) is 0 Å². The number of halogens is 2. The van der Waals surface area contributed by atoms with Gasteiger partial charge in [0.05, 0.1) is 16.4 Å². The molecule has 0 unspecified atom stereocenters. The Kier molecular flexibility index (Phi) is 3.31. The van der Waals surface area contributed by atoms with Crippen molar-refractivity contribution >= 4 is 34.3 Å². The van der Waals surface area contributed by atoms with Gasteiger partial charge in [-0.1, -0.05) is 11.6 Å². The highest BCUT2D eigenvalue weighted by Crippen LogP contribution is 2.26. The molecular weight excluding hydrogens is 247 g/mol. The zero-order chi connectivity index (χ0) is 11.5. The van der Waals surface area contributed by atoms with Gasteiger partial charge < -0.3 is 11.1 Å². The summed E-state index contributed by atoms with van der Waals surface area (Å²) in [7, 11) is 0. The molecule has 1 aromatic heterocycles. The van der Waals surface area contributed by atoms with Gasteiger partial charge in [-0.25, -0.2) is 4.39 Å². The first kappa shape index (κ1) is 11.2. The van der Waals surface area contributed by atoms with Gasteiger partial charge in [-0.3, -0.25) is 0 Å². The lowest BCUT2D eigenvalue weighted by molar-refractivity contribution is 0.629. The molecule has 0 bridgehead atoms. The topological polar surface area (TPSA) is 38.0 Å². The van der Waals surface area contributed by atoms with Crippen molar-refractivity contribution in [2.75, 3.05) is 11.1 Å². The summed E-state index contributed by atoms with van der Waals surface area (Å²) in [6.45, 7) is 0.648. The number of hydrogen-bond acceptors (Lipinski definition) is 3. The summed E-state index contributed by atoms with van der Waals surface area (Å²) in [5.41, 5.74) is 7.84. The van der Waals surface area contributed by atoms with Crippen LogP contribution in [0.3, 0.4) is 0 Å². The van der Waals surface area contributed by atoms with Crippen molar-refractivity contribution in [2.24, 2.45) is 0 Å². The summed E-state index contributed by atoms with van der Waals surface area (Å²) in [4.78, 5) is 0. The van der Waals surface area contributed by atoms with E-state index < -0.39 is 5.82 Å². The Labute approximate surface area is 102 Å². The first-order valence-electron chi connectivity index (χ1n) is 4.66. The first-order chi connectivity index (χ1) is 7.66. The quantitative estimate of drug-likeness (QED) is 0.821. The average molecular weight is 257 g/mol. The van der Waals surface area contributed by atoms with Crippen molar-refractivity contribution < 1.29 is 4.39 Å². The van der Waals surface area contributed by atoms with E-state index in [-0.39, 0.29) is 5.02 Å². The third-order valence-electron chi connectivity index (χ3n) is 2.16. The molecule has 0 saturated carbocycles. The van der Waals surface area contributed by atoms with E-state index in [4.69, 9.17) is 17.3 Å². The van der Waals surface area contributed by atoms with Gasteiger partial charge >= 0.3 is 0 Å². The van der Waals surface area contributed by atoms with Crippen molar-refractivity contribution in [3.8, 4) is 0 Å². The molecule has 3 N–H and O–H groups in total. The Morgan fingerprint density at radius 3 is 2.94 bits per heavy atom. The van der Waals surface area contributed by atoms with Crippen LogP contribution in [0.2, 0.25) is 5.02 Å². The second-order valence-electron chi connectivity index (χ2n) is 3.34. The molecule has 2 nitrogen and oxygen atoms in total. The Balaban J connectivity index is 2.12. The van der Waals surface area contributed by atoms with Gasteiger partial charge in [0, 0.05) is 12.6 Å². The van der Waals surface area contributed by atoms with E-state index in [1.165, 1.54) is 12.1 Å². The minimum Gasteiger partial charge on any atom is -0.397 e. The number of nitrogen functional groups attached to an aromatic ring is 1. The van der Waals surface area contributed by atoms with Crippen LogP contribution in [0, 0.1) is 5.82 Å². The lowest BCUT2D eigenvalue weighted by Crippen LogP contribution is -2.02. The molecule has 0 spiro atoms. The summed E-state index contributed by atoms with van der Waals surface area (Å²) in [5.74, 6) is -0.500. The number of nitrogens with two attached hydrogens (primary N) is 1. The van der Waals surface area contributed by atoms with E-state index in [1.807, 2.05) is 16.8 Å². The van der Waals surface area contributed by atoms with Gasteiger partial charge in [0.2, 0.25) is 0 Å². The highest BCUT2D eigenvalue weighted by molar-refractivity contribution is 7.07. The maximum absolute atomic E-state index is 13.0. The Bertz CT molecular complexity index is 485. The molecule has 0 saturated heterocycles. The van der Waals surface area contributed by atoms with Crippen LogP contribution < -0.4 is 11.1 Å². The molecule has 0 atom stereocenters. The number of thiophene rings is 1. The summed E-state index contributed by atoms with van der Waals surface area (Å²) < 4.78 is 13.0. The van der Waals surface area contributed by atoms with Crippen molar-refractivity contribution in [1.29, 1.82) is 0 Å². The highest BCUT2D eigenvalue weighted by atomic mass is 35.5. The maximum Gasteiger partial charge on any atom is 0.143 e. The van der Waals surface area contributed by atoms with Crippen LogP contribution in [0.1, 0.15) is 5.56 Å². The second-order valence-corrected chi connectivity index (χ2v) is 4.53. The molecule has 0 amide bonds. The molecule has 2 rings (SSSR count). The third kappa shape index (κ3) is 2.46. The Morgan fingerprint density at radius 1 is 1.44 bits per heavy atom. The lowest BCUT2D eigenvalue weighted by Gasteiger charge is -2.09. The van der Waals surface area contributed by atoms with Gasteiger partial charge in [0.1, 0.15) is 5.82 Å². The fourth-order valence-corrected chi connectivity index (χ4v) is 2.14. The van der Waals surface area contributed by atoms with E-state index in [1.54, 1.807) is 11.3 Å². The van der Waals surface area contributed by atoms with Crippen molar-refractivity contribution in [1.82, 2.24) is 0 Å². The summed E-state index contributed by atoms with van der Waals surface area (Å²) >= 11 is 7.31. The number of anilines is 2. The van der Waals surface area contributed by atoms with E-state index in [2.05, 4.69) is 5.32 Å². The summed E-state index contributed by atoms with van der Waals surface area (Å²) in [6, 6.07) is 4.73. The Hall–Kier alpha value is -1.26. The molecule has 1 heterocycles. The summed E-state index contributed by atoms with van der Waals surface area (Å²) in [6.07, 6.45) is 0. The van der Waals surface area contributed by atoms with E-state index in [0.717, 1.165) is 5.56 Å². The maximum atomic E-state index is 13.0. The molecule has 16 heavy (non-hydrogen) atoms. The molecule has 1 aromatic carbocycles. The van der Waals surface area contributed by atoms with Gasteiger partial charge in [-0.2, -0.15) is 11.3 Å². The second kappa shape index (κ2) is 4.72. The zero-order valence-electron chi connectivity index (χ0n) is 8.34. The van der Waals surface area contributed by atoms with Crippen molar-refractivity contribution in [2.45, 2.75) is 6.54 Å². The SMILES string of the molecule is Nc1cc(F)c(Cl)cc1NCc1ccsc1. The lowest BCUT2D eigenvalue weighted by atomic mass is 10.2. The van der Waals surface area contributed by atoms with E-state index in [0.29, 0.717) is 17.9 Å². The zero-order valence-corrected chi connectivity index (χ0v) is 9.91. The first-order valence-corrected chi connectivity index (χ1v) is 5.98. The minimum atomic E-state index is -0.500. The predicted molar refractivity (Wildman–Crippen MR) is 67.5 cm³/mol. The monoisotopic (exact) mass is 256 g/mol. The molecule has 0 aliphatic rings. The average Bonchev–Trinajstić information content (AvgIpc) is 2.74. The molecule has 0 aliphatic carbocycles. The van der Waals surface area contributed by atoms with Crippen LogP contribution in [0.25, 0.3) is 0 Å². The molecule has 0 fully saturated rings.